The maximum atomic E-state index is 12.8. The number of fused-ring (bicyclic) bond motifs is 1. The van der Waals surface area contributed by atoms with Crippen molar-refractivity contribution in [2.24, 2.45) is 5.92 Å². The predicted molar refractivity (Wildman–Crippen MR) is 108 cm³/mol. The number of piperazine rings is 1. The number of β-amino-alcohol motifs (C(OH)–C–C–N with tert-alkyl or cyclic N) is 1. The van der Waals surface area contributed by atoms with Crippen molar-refractivity contribution in [3.05, 3.63) is 23.8 Å². The Kier molecular flexibility index (Phi) is 6.15. The molecule has 4 rings (SSSR count). The molecule has 0 bridgehead atoms. The second-order valence-electron chi connectivity index (χ2n) is 8.39. The van der Waals surface area contributed by atoms with Gasteiger partial charge in [0.05, 0.1) is 18.1 Å². The van der Waals surface area contributed by atoms with Crippen LogP contribution in [0.1, 0.15) is 43.0 Å². The molecule has 0 radical (unpaired) electrons. The number of esters is 1. The minimum Gasteiger partial charge on any atom is -0.466 e. The molecule has 3 aliphatic rings. The van der Waals surface area contributed by atoms with E-state index in [1.54, 1.807) is 18.2 Å². The predicted octanol–water partition coefficient (Wildman–Crippen LogP) is 1.66. The normalized spacial score (nSPS) is 26.5. The number of carbonyl (C=O) groups is 2. The van der Waals surface area contributed by atoms with Gasteiger partial charge in [-0.3, -0.25) is 14.5 Å². The first kappa shape index (κ1) is 20.9. The number of nitrogens with zero attached hydrogens (tertiary/aromatic N) is 2. The van der Waals surface area contributed by atoms with E-state index >= 15 is 0 Å². The van der Waals surface area contributed by atoms with Gasteiger partial charge in [-0.15, -0.1) is 0 Å². The fourth-order valence-corrected chi connectivity index (χ4v) is 4.55. The maximum absolute atomic E-state index is 12.8. The Balaban J connectivity index is 1.26. The summed E-state index contributed by atoms with van der Waals surface area (Å²) in [4.78, 5) is 28.8. The highest BCUT2D eigenvalue weighted by Crippen LogP contribution is 2.34. The topological polar surface area (TPSA) is 88.5 Å². The van der Waals surface area contributed by atoms with Crippen molar-refractivity contribution in [3.63, 3.8) is 0 Å². The summed E-state index contributed by atoms with van der Waals surface area (Å²) in [6.45, 7) is 5.66. The Morgan fingerprint density at radius 2 is 1.83 bits per heavy atom. The van der Waals surface area contributed by atoms with Crippen molar-refractivity contribution in [2.45, 2.75) is 38.2 Å². The van der Waals surface area contributed by atoms with Crippen LogP contribution in [0.4, 0.5) is 0 Å². The maximum Gasteiger partial charge on any atom is 0.308 e. The van der Waals surface area contributed by atoms with Crippen LogP contribution in [0.15, 0.2) is 18.2 Å². The first-order valence-corrected chi connectivity index (χ1v) is 10.8. The van der Waals surface area contributed by atoms with Crippen molar-refractivity contribution < 1.29 is 28.9 Å². The number of aliphatic hydroxyl groups is 1. The minimum atomic E-state index is -0.771. The van der Waals surface area contributed by atoms with Gasteiger partial charge in [0.1, 0.15) is 0 Å². The van der Waals surface area contributed by atoms with E-state index in [0.29, 0.717) is 69.0 Å². The molecule has 1 aromatic carbocycles. The Morgan fingerprint density at radius 3 is 2.53 bits per heavy atom. The van der Waals surface area contributed by atoms with Crippen molar-refractivity contribution in [3.8, 4) is 11.5 Å². The highest BCUT2D eigenvalue weighted by Gasteiger charge is 2.38. The van der Waals surface area contributed by atoms with Crippen LogP contribution in [-0.2, 0) is 9.53 Å². The summed E-state index contributed by atoms with van der Waals surface area (Å²) in [5, 5.41) is 11.0. The lowest BCUT2D eigenvalue weighted by Gasteiger charge is -2.42. The van der Waals surface area contributed by atoms with Crippen molar-refractivity contribution in [1.29, 1.82) is 0 Å². The van der Waals surface area contributed by atoms with E-state index in [9.17, 15) is 14.7 Å². The summed E-state index contributed by atoms with van der Waals surface area (Å²) >= 11 is 0. The van der Waals surface area contributed by atoms with Gasteiger partial charge in [0.25, 0.3) is 5.91 Å². The van der Waals surface area contributed by atoms with Crippen LogP contribution in [0.5, 0.6) is 11.5 Å². The van der Waals surface area contributed by atoms with Crippen LogP contribution < -0.4 is 9.47 Å². The number of ether oxygens (including phenoxy) is 3. The average Bonchev–Trinajstić information content (AvgIpc) is 3.22. The molecule has 1 saturated carbocycles. The number of hydrogen-bond donors (Lipinski definition) is 1. The molecule has 2 fully saturated rings. The summed E-state index contributed by atoms with van der Waals surface area (Å²) < 4.78 is 15.8. The van der Waals surface area contributed by atoms with E-state index in [4.69, 9.17) is 14.2 Å². The third-order valence-corrected chi connectivity index (χ3v) is 6.33. The third kappa shape index (κ3) is 4.54. The van der Waals surface area contributed by atoms with Gasteiger partial charge in [-0.25, -0.2) is 0 Å². The van der Waals surface area contributed by atoms with Crippen molar-refractivity contribution in [2.75, 3.05) is 46.1 Å². The zero-order valence-electron chi connectivity index (χ0n) is 17.5. The smallest absolute Gasteiger partial charge is 0.308 e. The molecule has 1 saturated heterocycles. The van der Waals surface area contributed by atoms with E-state index in [2.05, 4.69) is 4.90 Å². The lowest BCUT2D eigenvalue weighted by Crippen LogP contribution is -2.54. The Labute approximate surface area is 176 Å². The minimum absolute atomic E-state index is 0.0124. The molecule has 0 unspecified atom stereocenters. The van der Waals surface area contributed by atoms with Gasteiger partial charge in [-0.1, -0.05) is 0 Å². The zero-order valence-corrected chi connectivity index (χ0v) is 17.5. The van der Waals surface area contributed by atoms with Gasteiger partial charge < -0.3 is 24.2 Å². The van der Waals surface area contributed by atoms with Crippen LogP contribution in [0.25, 0.3) is 0 Å². The fourth-order valence-electron chi connectivity index (χ4n) is 4.55. The molecular formula is C22H30N2O6. The molecule has 1 amide bonds. The van der Waals surface area contributed by atoms with Crippen LogP contribution in [-0.4, -0.2) is 78.5 Å². The van der Waals surface area contributed by atoms with E-state index in [1.807, 2.05) is 11.8 Å². The SMILES string of the molecule is CCOC(=O)C1CCC(O)(CN2CCN(C(=O)c3ccc4c(c3)OCO4)CC2)CC1. The second-order valence-corrected chi connectivity index (χ2v) is 8.39. The Hall–Kier alpha value is -2.32. The van der Waals surface area contributed by atoms with Crippen LogP contribution in [0.2, 0.25) is 0 Å². The first-order chi connectivity index (χ1) is 14.5. The lowest BCUT2D eigenvalue weighted by atomic mass is 9.78. The van der Waals surface area contributed by atoms with Gasteiger partial charge in [-0.2, -0.15) is 0 Å². The van der Waals surface area contributed by atoms with Crippen molar-refractivity contribution in [1.82, 2.24) is 9.80 Å². The monoisotopic (exact) mass is 418 g/mol. The summed E-state index contributed by atoms with van der Waals surface area (Å²) in [5.74, 6) is 1.03. The zero-order chi connectivity index (χ0) is 21.1. The molecule has 164 valence electrons. The molecule has 0 spiro atoms. The quantitative estimate of drug-likeness (QED) is 0.728. The number of amides is 1. The summed E-state index contributed by atoms with van der Waals surface area (Å²) in [5.41, 5.74) is -0.171. The Bertz CT molecular complexity index is 782. The van der Waals surface area contributed by atoms with Gasteiger partial charge in [0, 0.05) is 38.3 Å². The van der Waals surface area contributed by atoms with Gasteiger partial charge >= 0.3 is 5.97 Å². The number of benzene rings is 1. The number of hydrogen-bond acceptors (Lipinski definition) is 7. The molecule has 8 heteroatoms. The number of rotatable bonds is 5. The molecule has 1 N–H and O–H groups in total. The van der Waals surface area contributed by atoms with E-state index in [0.717, 1.165) is 13.1 Å². The Morgan fingerprint density at radius 1 is 1.13 bits per heavy atom. The number of carbonyl (C=O) groups excluding carboxylic acids is 2. The van der Waals surface area contributed by atoms with E-state index in [1.165, 1.54) is 0 Å². The lowest BCUT2D eigenvalue weighted by molar-refractivity contribution is -0.151. The second kappa shape index (κ2) is 8.81. The van der Waals surface area contributed by atoms with Gasteiger partial charge in [0.15, 0.2) is 11.5 Å². The molecule has 1 aliphatic carbocycles. The van der Waals surface area contributed by atoms with Crippen LogP contribution in [0, 0.1) is 5.92 Å². The van der Waals surface area contributed by atoms with Crippen LogP contribution in [0.3, 0.4) is 0 Å². The highest BCUT2D eigenvalue weighted by molar-refractivity contribution is 5.95. The highest BCUT2D eigenvalue weighted by atomic mass is 16.7. The third-order valence-electron chi connectivity index (χ3n) is 6.33. The fraction of sp³-hybridized carbons (Fsp3) is 0.636. The van der Waals surface area contributed by atoms with E-state index < -0.39 is 5.60 Å². The molecule has 8 nitrogen and oxygen atoms in total. The largest absolute Gasteiger partial charge is 0.466 e. The molecule has 1 aromatic rings. The van der Waals surface area contributed by atoms with Gasteiger partial charge in [0.2, 0.25) is 6.79 Å². The summed E-state index contributed by atoms with van der Waals surface area (Å²) in [6.07, 6.45) is 2.54. The van der Waals surface area contributed by atoms with Crippen LogP contribution >= 0.6 is 0 Å². The summed E-state index contributed by atoms with van der Waals surface area (Å²) in [7, 11) is 0. The standard InChI is InChI=1S/C22H30N2O6/c1-2-28-21(26)16-5-7-22(27,8-6-16)14-23-9-11-24(12-10-23)20(25)17-3-4-18-19(13-17)30-15-29-18/h3-4,13,16,27H,2,5-12,14-15H2,1H3. The average molecular weight is 418 g/mol. The molecule has 0 aromatic heterocycles. The van der Waals surface area contributed by atoms with Crippen molar-refractivity contribution >= 4 is 11.9 Å². The molecule has 2 heterocycles. The van der Waals surface area contributed by atoms with Gasteiger partial charge in [-0.05, 0) is 50.8 Å². The summed E-state index contributed by atoms with van der Waals surface area (Å²) in [6, 6.07) is 5.28. The molecule has 0 atom stereocenters. The molecule has 2 aliphatic heterocycles. The van der Waals surface area contributed by atoms with E-state index in [-0.39, 0.29) is 24.6 Å². The molecular weight excluding hydrogens is 388 g/mol. The first-order valence-electron chi connectivity index (χ1n) is 10.8. The molecule has 30 heavy (non-hydrogen) atoms.